The molecule has 4 aromatic rings. The normalized spacial score (nSPS) is 10.9. The van der Waals surface area contributed by atoms with Gasteiger partial charge >= 0.3 is 0 Å². The Morgan fingerprint density at radius 2 is 1.09 bits per heavy atom. The zero-order valence-electron chi connectivity index (χ0n) is 11.4. The summed E-state index contributed by atoms with van der Waals surface area (Å²) in [6.07, 6.45) is 0. The van der Waals surface area contributed by atoms with Crippen LogP contribution >= 0.6 is 0 Å². The molecule has 4 aromatic heterocycles. The van der Waals surface area contributed by atoms with E-state index in [1.165, 1.54) is 0 Å². The third-order valence-electron chi connectivity index (χ3n) is 3.19. The van der Waals surface area contributed by atoms with Crippen molar-refractivity contribution in [2.45, 2.75) is 0 Å². The minimum Gasteiger partial charge on any atom is -0.457 e. The number of fused-ring (bicyclic) bond motifs is 6. The highest BCUT2D eigenvalue weighted by atomic mass is 16.3. The molecule has 1 N–H and O–H groups in total. The summed E-state index contributed by atoms with van der Waals surface area (Å²) in [4.78, 5) is 14.7. The third kappa shape index (κ3) is 2.40. The van der Waals surface area contributed by atoms with Gasteiger partial charge in [0.15, 0.2) is 11.3 Å². The van der Waals surface area contributed by atoms with Crippen molar-refractivity contribution in [2.75, 3.05) is 0 Å². The number of hydrogen-bond acceptors (Lipinski definition) is 4. The zero-order valence-corrected chi connectivity index (χ0v) is 11.4. The number of H-pyrrole nitrogens is 1. The van der Waals surface area contributed by atoms with Crippen LogP contribution in [-0.4, -0.2) is 4.98 Å². The smallest absolute Gasteiger partial charge is 0.293 e. The highest BCUT2D eigenvalue weighted by molar-refractivity contribution is 5.58. The first-order chi connectivity index (χ1) is 10.8. The summed E-state index contributed by atoms with van der Waals surface area (Å²) in [6, 6.07) is 17.6. The maximum absolute atomic E-state index is 12.1. The first-order valence-corrected chi connectivity index (χ1v) is 6.73. The maximum atomic E-state index is 12.1. The number of furan rings is 3. The highest BCUT2D eigenvalue weighted by Crippen LogP contribution is 2.12. The van der Waals surface area contributed by atoms with Gasteiger partial charge in [-0.25, -0.2) is 0 Å². The Labute approximate surface area is 123 Å². The number of aromatic amines is 1. The second-order valence-electron chi connectivity index (χ2n) is 4.76. The van der Waals surface area contributed by atoms with Gasteiger partial charge in [-0.3, -0.25) is 9.78 Å². The van der Waals surface area contributed by atoms with E-state index in [0.29, 0.717) is 28.0 Å². The molecule has 0 amide bonds. The van der Waals surface area contributed by atoms with Crippen LogP contribution in [0.2, 0.25) is 0 Å². The van der Waals surface area contributed by atoms with Crippen LogP contribution in [-0.2, 0) is 0 Å². The van der Waals surface area contributed by atoms with E-state index in [9.17, 15) is 4.79 Å². The standard InChI is InChI=1S/C17H11NO4/c19-17-15-9-7-13(21-15)5-3-11-1-2-12(20-11)4-6-14-8-10-16(18-17)22-14/h1-10H,(H,18,19). The summed E-state index contributed by atoms with van der Waals surface area (Å²) in [6.45, 7) is 0. The minimum absolute atomic E-state index is 0.211. The molecule has 0 spiro atoms. The van der Waals surface area contributed by atoms with E-state index in [1.807, 2.05) is 12.1 Å². The molecule has 0 saturated carbocycles. The second kappa shape index (κ2) is 4.96. The van der Waals surface area contributed by atoms with E-state index in [1.54, 1.807) is 48.5 Å². The molecule has 0 saturated heterocycles. The fourth-order valence-electron chi connectivity index (χ4n) is 2.12. The van der Waals surface area contributed by atoms with Crippen LogP contribution < -0.4 is 5.56 Å². The Bertz CT molecular complexity index is 1110. The first-order valence-electron chi connectivity index (χ1n) is 6.73. The minimum atomic E-state index is -0.362. The van der Waals surface area contributed by atoms with Gasteiger partial charge in [-0.05, 0) is 54.6 Å². The number of hydrogen-bond donors (Lipinski definition) is 1. The fourth-order valence-corrected chi connectivity index (χ4v) is 2.12. The monoisotopic (exact) mass is 293 g/mol. The van der Waals surface area contributed by atoms with Crippen molar-refractivity contribution in [3.05, 3.63) is 71.0 Å². The van der Waals surface area contributed by atoms with Gasteiger partial charge < -0.3 is 13.3 Å². The summed E-state index contributed by atoms with van der Waals surface area (Å²) in [5.74, 6) is 0. The van der Waals surface area contributed by atoms with Crippen molar-refractivity contribution >= 4 is 33.6 Å². The molecule has 108 valence electrons. The molecule has 0 aliphatic heterocycles. The molecule has 0 aliphatic carbocycles. The van der Waals surface area contributed by atoms with Crippen molar-refractivity contribution in [3.8, 4) is 0 Å². The van der Waals surface area contributed by atoms with Crippen molar-refractivity contribution in [1.82, 2.24) is 4.98 Å². The van der Waals surface area contributed by atoms with Crippen molar-refractivity contribution in [3.63, 3.8) is 0 Å². The Morgan fingerprint density at radius 1 is 0.591 bits per heavy atom. The number of aromatic nitrogens is 1. The summed E-state index contributed by atoms with van der Waals surface area (Å²) in [7, 11) is 0. The van der Waals surface area contributed by atoms with Gasteiger partial charge in [0.1, 0.15) is 22.3 Å². The molecular formula is C17H11NO4. The lowest BCUT2D eigenvalue weighted by atomic mass is 10.4. The number of rotatable bonds is 0. The zero-order chi connectivity index (χ0) is 14.9. The maximum Gasteiger partial charge on any atom is 0.293 e. The van der Waals surface area contributed by atoms with Gasteiger partial charge in [-0.2, -0.15) is 0 Å². The second-order valence-corrected chi connectivity index (χ2v) is 4.76. The van der Waals surface area contributed by atoms with E-state index in [-0.39, 0.29) is 11.1 Å². The lowest BCUT2D eigenvalue weighted by Gasteiger charge is -1.79. The quantitative estimate of drug-likeness (QED) is 0.524. The SMILES string of the molecule is O=c1[nH]c2ccc(ccc3ccc(ccc4ccc1o4)o3)o2. The van der Waals surface area contributed by atoms with Crippen LogP contribution in [0.3, 0.4) is 0 Å². The van der Waals surface area contributed by atoms with Crippen LogP contribution in [0.4, 0.5) is 0 Å². The van der Waals surface area contributed by atoms with E-state index in [0.717, 1.165) is 0 Å². The molecule has 4 rings (SSSR count). The van der Waals surface area contributed by atoms with Crippen LogP contribution in [0.1, 0.15) is 0 Å². The topological polar surface area (TPSA) is 72.3 Å². The van der Waals surface area contributed by atoms with Gasteiger partial charge in [0, 0.05) is 6.07 Å². The molecule has 0 fully saturated rings. The van der Waals surface area contributed by atoms with Crippen molar-refractivity contribution in [2.24, 2.45) is 0 Å². The summed E-state index contributed by atoms with van der Waals surface area (Å²) >= 11 is 0. The predicted octanol–water partition coefficient (Wildman–Crippen LogP) is 4.30. The molecule has 0 aromatic carbocycles. The Morgan fingerprint density at radius 3 is 1.77 bits per heavy atom. The lowest BCUT2D eigenvalue weighted by molar-refractivity contribution is 0.642. The predicted molar refractivity (Wildman–Crippen MR) is 82.8 cm³/mol. The Kier molecular flexibility index (Phi) is 2.83. The van der Waals surface area contributed by atoms with Crippen LogP contribution in [0.25, 0.3) is 33.6 Å². The highest BCUT2D eigenvalue weighted by Gasteiger charge is 1.96. The van der Waals surface area contributed by atoms with Crippen molar-refractivity contribution < 1.29 is 13.3 Å². The largest absolute Gasteiger partial charge is 0.457 e. The Hall–Kier alpha value is -3.21. The molecule has 5 nitrogen and oxygen atoms in total. The van der Waals surface area contributed by atoms with Gasteiger partial charge in [-0.1, -0.05) is 0 Å². The Balaban J connectivity index is 2.12. The van der Waals surface area contributed by atoms with Crippen LogP contribution in [0.5, 0.6) is 0 Å². The molecule has 0 atom stereocenters. The van der Waals surface area contributed by atoms with Gasteiger partial charge in [0.2, 0.25) is 0 Å². The number of nitrogens with one attached hydrogen (secondary N) is 1. The van der Waals surface area contributed by atoms with Crippen molar-refractivity contribution in [1.29, 1.82) is 0 Å². The molecule has 4 heterocycles. The third-order valence-corrected chi connectivity index (χ3v) is 3.19. The van der Waals surface area contributed by atoms with E-state index in [2.05, 4.69) is 4.98 Å². The molecule has 0 aliphatic rings. The summed E-state index contributed by atoms with van der Waals surface area (Å²) < 4.78 is 16.6. The molecule has 5 heteroatoms. The molecule has 0 radical (unpaired) electrons. The summed E-state index contributed by atoms with van der Waals surface area (Å²) in [5.41, 5.74) is 2.77. The van der Waals surface area contributed by atoms with Crippen LogP contribution in [0, 0.1) is 0 Å². The molecular weight excluding hydrogens is 282 g/mol. The average Bonchev–Trinajstić information content (AvgIpc) is 3.23. The average molecular weight is 293 g/mol. The molecule has 22 heavy (non-hydrogen) atoms. The van der Waals surface area contributed by atoms with Crippen LogP contribution in [0.15, 0.2) is 78.7 Å². The lowest BCUT2D eigenvalue weighted by Crippen LogP contribution is -2.00. The molecule has 6 bridgehead atoms. The first kappa shape index (κ1) is 12.5. The summed E-state index contributed by atoms with van der Waals surface area (Å²) in [5, 5.41) is 0. The van der Waals surface area contributed by atoms with E-state index < -0.39 is 0 Å². The molecule has 0 unspecified atom stereocenters. The fraction of sp³-hybridized carbons (Fsp3) is 0. The van der Waals surface area contributed by atoms with E-state index >= 15 is 0 Å². The van der Waals surface area contributed by atoms with Gasteiger partial charge in [-0.15, -0.1) is 0 Å². The van der Waals surface area contributed by atoms with E-state index in [4.69, 9.17) is 13.3 Å². The van der Waals surface area contributed by atoms with Gasteiger partial charge in [0.25, 0.3) is 5.56 Å². The van der Waals surface area contributed by atoms with Gasteiger partial charge in [0.05, 0.1) is 0 Å².